The van der Waals surface area contributed by atoms with Crippen LogP contribution in [0.4, 0.5) is 0 Å². The number of hydrogen-bond acceptors (Lipinski definition) is 7. The summed E-state index contributed by atoms with van der Waals surface area (Å²) in [6, 6.07) is 0.919. The zero-order chi connectivity index (χ0) is 16.1. The molecule has 0 aliphatic rings. The van der Waals surface area contributed by atoms with Gasteiger partial charge in [0.05, 0.1) is 0 Å². The lowest BCUT2D eigenvalue weighted by Gasteiger charge is -2.17. The zero-order valence-corrected chi connectivity index (χ0v) is 11.2. The van der Waals surface area contributed by atoms with E-state index in [1.807, 2.05) is 0 Å². The fourth-order valence-electron chi connectivity index (χ4n) is 2.11. The molecule has 0 aromatic heterocycles. The van der Waals surface area contributed by atoms with Crippen molar-refractivity contribution >= 4 is 0 Å². The van der Waals surface area contributed by atoms with Crippen LogP contribution in [-0.2, 0) is 0 Å². The van der Waals surface area contributed by atoms with Crippen LogP contribution in [-0.4, -0.2) is 35.7 Å². The van der Waals surface area contributed by atoms with Crippen LogP contribution < -0.4 is 0 Å². The molecule has 7 heteroatoms. The van der Waals surface area contributed by atoms with E-state index in [1.165, 1.54) is 13.8 Å². The number of benzene rings is 2. The summed E-state index contributed by atoms with van der Waals surface area (Å²) >= 11 is 0. The smallest absolute Gasteiger partial charge is 0.204 e. The summed E-state index contributed by atoms with van der Waals surface area (Å²) in [6.45, 7) is 2.98. The largest absolute Gasteiger partial charge is 0.504 e. The summed E-state index contributed by atoms with van der Waals surface area (Å²) in [7, 11) is 0. The normalized spacial score (nSPS) is 10.8. The highest BCUT2D eigenvalue weighted by molar-refractivity contribution is 5.87. The van der Waals surface area contributed by atoms with Gasteiger partial charge >= 0.3 is 0 Å². The minimum Gasteiger partial charge on any atom is -0.504 e. The highest BCUT2D eigenvalue weighted by Gasteiger charge is 2.25. The number of rotatable bonds is 1. The monoisotopic (exact) mass is 294 g/mol. The summed E-state index contributed by atoms with van der Waals surface area (Å²) in [6.07, 6.45) is 0. The summed E-state index contributed by atoms with van der Waals surface area (Å²) in [5.74, 6) is -5.41. The fraction of sp³-hybridized carbons (Fsp3) is 0.143. The van der Waals surface area contributed by atoms with E-state index in [0.29, 0.717) is 5.56 Å². The second-order valence-corrected chi connectivity index (χ2v) is 4.66. The van der Waals surface area contributed by atoms with E-state index in [2.05, 4.69) is 0 Å². The summed E-state index contributed by atoms with van der Waals surface area (Å²) in [4.78, 5) is 0. The lowest BCUT2D eigenvalue weighted by atomic mass is 9.93. The second kappa shape index (κ2) is 4.55. The lowest BCUT2D eigenvalue weighted by Crippen LogP contribution is -1.92. The molecule has 0 aliphatic carbocycles. The Morgan fingerprint density at radius 2 is 1.10 bits per heavy atom. The Balaban J connectivity index is 2.93. The van der Waals surface area contributed by atoms with Crippen molar-refractivity contribution in [1.29, 1.82) is 0 Å². The molecule has 0 bridgehead atoms. The van der Waals surface area contributed by atoms with Gasteiger partial charge in [0.1, 0.15) is 0 Å². The van der Waals surface area contributed by atoms with Gasteiger partial charge in [-0.15, -0.1) is 0 Å². The Morgan fingerprint density at radius 3 is 1.67 bits per heavy atom. The third-order valence-electron chi connectivity index (χ3n) is 3.47. The Labute approximate surface area is 119 Å². The maximum Gasteiger partial charge on any atom is 0.204 e. The Bertz CT molecular complexity index is 721. The van der Waals surface area contributed by atoms with Crippen LogP contribution in [0, 0.1) is 13.8 Å². The Morgan fingerprint density at radius 1 is 0.571 bits per heavy atom. The van der Waals surface area contributed by atoms with Crippen molar-refractivity contribution in [2.45, 2.75) is 13.8 Å². The van der Waals surface area contributed by atoms with Crippen molar-refractivity contribution < 1.29 is 35.7 Å². The van der Waals surface area contributed by atoms with E-state index in [-0.39, 0.29) is 16.7 Å². The molecule has 2 rings (SSSR count). The van der Waals surface area contributed by atoms with Crippen LogP contribution in [0.1, 0.15) is 11.1 Å². The number of hydrogen-bond donors (Lipinski definition) is 7. The molecule has 0 radical (unpaired) electrons. The first-order valence-electron chi connectivity index (χ1n) is 5.89. The predicted molar refractivity (Wildman–Crippen MR) is 73.0 cm³/mol. The van der Waals surface area contributed by atoms with Crippen LogP contribution in [0.15, 0.2) is 6.07 Å². The molecule has 0 unspecified atom stereocenters. The van der Waals surface area contributed by atoms with Crippen LogP contribution in [0.5, 0.6) is 40.2 Å². The van der Waals surface area contributed by atoms with Crippen molar-refractivity contribution in [3.05, 3.63) is 17.2 Å². The van der Waals surface area contributed by atoms with Crippen molar-refractivity contribution in [2.75, 3.05) is 0 Å². The first kappa shape index (κ1) is 14.4. The SMILES string of the molecule is Cc1c(C)c(-c2cc(O)c(O)c(O)c2O)c(O)c(O)c1O. The molecular weight excluding hydrogens is 280 g/mol. The van der Waals surface area contributed by atoms with Crippen LogP contribution >= 0.6 is 0 Å². The molecule has 0 aliphatic heterocycles. The molecule has 0 amide bonds. The Hall–Kier alpha value is -2.96. The van der Waals surface area contributed by atoms with Gasteiger partial charge in [-0.3, -0.25) is 0 Å². The third-order valence-corrected chi connectivity index (χ3v) is 3.47. The molecule has 2 aromatic rings. The summed E-state index contributed by atoms with van der Waals surface area (Å²) in [5, 5.41) is 67.6. The molecule has 0 saturated carbocycles. The maximum absolute atomic E-state index is 9.97. The van der Waals surface area contributed by atoms with Crippen molar-refractivity contribution in [3.8, 4) is 51.4 Å². The van der Waals surface area contributed by atoms with Gasteiger partial charge in [0, 0.05) is 11.1 Å². The third kappa shape index (κ3) is 1.90. The average Bonchev–Trinajstić information content (AvgIpc) is 2.46. The molecule has 0 heterocycles. The van der Waals surface area contributed by atoms with Gasteiger partial charge in [0.15, 0.2) is 23.0 Å². The summed E-state index contributed by atoms with van der Waals surface area (Å²) in [5.41, 5.74) is 0.247. The van der Waals surface area contributed by atoms with Gasteiger partial charge in [-0.2, -0.15) is 0 Å². The fourth-order valence-corrected chi connectivity index (χ4v) is 2.11. The van der Waals surface area contributed by atoms with Gasteiger partial charge in [0.2, 0.25) is 17.2 Å². The zero-order valence-electron chi connectivity index (χ0n) is 11.2. The van der Waals surface area contributed by atoms with Crippen LogP contribution in [0.25, 0.3) is 11.1 Å². The molecule has 0 spiro atoms. The number of phenolic OH excluding ortho intramolecular Hbond substituents is 7. The van der Waals surface area contributed by atoms with Gasteiger partial charge in [-0.05, 0) is 31.0 Å². The van der Waals surface area contributed by atoms with Crippen molar-refractivity contribution in [3.63, 3.8) is 0 Å². The second-order valence-electron chi connectivity index (χ2n) is 4.66. The van der Waals surface area contributed by atoms with Crippen LogP contribution in [0.3, 0.4) is 0 Å². The quantitative estimate of drug-likeness (QED) is 0.314. The standard InChI is InChI=1S/C14H14O7/c1-4-5(2)9(16)13(20)12(19)8(4)6-3-7(15)11(18)14(21)10(6)17/h3,15-21H,1-2H3. The molecule has 2 aromatic carbocycles. The minimum atomic E-state index is -0.964. The van der Waals surface area contributed by atoms with E-state index in [9.17, 15) is 35.7 Å². The van der Waals surface area contributed by atoms with E-state index in [1.54, 1.807) is 0 Å². The highest BCUT2D eigenvalue weighted by Crippen LogP contribution is 2.53. The minimum absolute atomic E-state index is 0.0918. The Kier molecular flexibility index (Phi) is 3.13. The molecule has 0 fully saturated rings. The first-order chi connectivity index (χ1) is 9.68. The van der Waals surface area contributed by atoms with Crippen molar-refractivity contribution in [2.24, 2.45) is 0 Å². The first-order valence-corrected chi connectivity index (χ1v) is 5.89. The van der Waals surface area contributed by atoms with Gasteiger partial charge in [0.25, 0.3) is 0 Å². The van der Waals surface area contributed by atoms with E-state index >= 15 is 0 Å². The number of phenols is 7. The van der Waals surface area contributed by atoms with Crippen LogP contribution in [0.2, 0.25) is 0 Å². The summed E-state index contributed by atoms with van der Waals surface area (Å²) < 4.78 is 0. The maximum atomic E-state index is 9.97. The molecule has 0 atom stereocenters. The topological polar surface area (TPSA) is 142 Å². The molecule has 7 nitrogen and oxygen atoms in total. The lowest BCUT2D eigenvalue weighted by molar-refractivity contribution is 0.346. The highest BCUT2D eigenvalue weighted by atomic mass is 16.3. The van der Waals surface area contributed by atoms with E-state index in [4.69, 9.17) is 0 Å². The molecule has 0 saturated heterocycles. The van der Waals surface area contributed by atoms with Crippen molar-refractivity contribution in [1.82, 2.24) is 0 Å². The molecule has 112 valence electrons. The van der Waals surface area contributed by atoms with Gasteiger partial charge < -0.3 is 35.7 Å². The number of aromatic hydroxyl groups is 7. The van der Waals surface area contributed by atoms with Gasteiger partial charge in [-0.25, -0.2) is 0 Å². The molecule has 21 heavy (non-hydrogen) atoms. The van der Waals surface area contributed by atoms with E-state index in [0.717, 1.165) is 6.07 Å². The van der Waals surface area contributed by atoms with E-state index < -0.39 is 40.2 Å². The molecule has 7 N–H and O–H groups in total. The van der Waals surface area contributed by atoms with Gasteiger partial charge in [-0.1, -0.05) is 0 Å². The average molecular weight is 294 g/mol. The predicted octanol–water partition coefficient (Wildman–Crippen LogP) is 1.91. The molecular formula is C14H14O7.